The van der Waals surface area contributed by atoms with E-state index in [-0.39, 0.29) is 11.5 Å². The molecule has 1 aromatic carbocycles. The maximum atomic E-state index is 11.9. The van der Waals surface area contributed by atoms with Gasteiger partial charge in [0, 0.05) is 18.9 Å². The van der Waals surface area contributed by atoms with E-state index in [9.17, 15) is 4.79 Å². The van der Waals surface area contributed by atoms with Crippen molar-refractivity contribution in [1.29, 1.82) is 0 Å². The Balaban J connectivity index is 1.61. The van der Waals surface area contributed by atoms with Crippen molar-refractivity contribution < 1.29 is 4.79 Å². The number of halogens is 2. The lowest BCUT2D eigenvalue weighted by atomic mass is 10.3. The van der Waals surface area contributed by atoms with Gasteiger partial charge < -0.3 is 11.1 Å². The average Bonchev–Trinajstić information content (AvgIpc) is 3.43. The first-order valence-electron chi connectivity index (χ1n) is 8.98. The smallest absolute Gasteiger partial charge is 0.273 e. The van der Waals surface area contributed by atoms with Crippen molar-refractivity contribution >= 4 is 40.6 Å². The third-order valence-corrected chi connectivity index (χ3v) is 4.92. The molecule has 1 amide bonds. The minimum atomic E-state index is -0.744. The summed E-state index contributed by atoms with van der Waals surface area (Å²) in [5.74, 6) is -0.581. The van der Waals surface area contributed by atoms with Crippen LogP contribution in [0.4, 0.5) is 11.5 Å². The highest BCUT2D eigenvalue weighted by atomic mass is 35.5. The maximum absolute atomic E-state index is 11.9. The standard InChI is InChI=1S/C18H17Cl2N9O/c1-2-28-12(6-7-22-28)10-27-9-11(8-23-27)24-18-15(17(21)30)25-29(26-18)16-13(19)4-3-5-14(16)20/h3-9H,2,10H2,1H3,(H2,21,30)(H,24,26). The second kappa shape index (κ2) is 8.17. The maximum Gasteiger partial charge on any atom is 0.273 e. The summed E-state index contributed by atoms with van der Waals surface area (Å²) in [6.07, 6.45) is 5.14. The van der Waals surface area contributed by atoms with E-state index in [4.69, 9.17) is 28.9 Å². The molecule has 3 N–H and O–H groups in total. The normalized spacial score (nSPS) is 11.0. The molecule has 4 aromatic rings. The van der Waals surface area contributed by atoms with Gasteiger partial charge in [-0.1, -0.05) is 29.3 Å². The molecule has 0 saturated carbocycles. The molecule has 10 nitrogen and oxygen atoms in total. The highest BCUT2D eigenvalue weighted by molar-refractivity contribution is 6.37. The Bertz CT molecular complexity index is 1190. The van der Waals surface area contributed by atoms with Gasteiger partial charge in [0.05, 0.1) is 34.2 Å². The van der Waals surface area contributed by atoms with Gasteiger partial charge in [-0.3, -0.25) is 14.2 Å². The summed E-state index contributed by atoms with van der Waals surface area (Å²) in [6.45, 7) is 3.33. The number of carbonyl (C=O) groups is 1. The molecule has 12 heteroatoms. The first-order valence-corrected chi connectivity index (χ1v) is 9.73. The van der Waals surface area contributed by atoms with Gasteiger partial charge in [-0.15, -0.1) is 15.0 Å². The van der Waals surface area contributed by atoms with E-state index in [0.717, 1.165) is 12.2 Å². The van der Waals surface area contributed by atoms with E-state index >= 15 is 0 Å². The molecule has 4 rings (SSSR count). The number of hydrogen-bond donors (Lipinski definition) is 2. The third kappa shape index (κ3) is 3.87. The third-order valence-electron chi connectivity index (χ3n) is 4.31. The van der Waals surface area contributed by atoms with Crippen LogP contribution in [0.15, 0.2) is 42.9 Å². The minimum Gasteiger partial charge on any atom is -0.364 e. The highest BCUT2D eigenvalue weighted by Gasteiger charge is 2.20. The molecule has 154 valence electrons. The molecule has 30 heavy (non-hydrogen) atoms. The fraction of sp³-hybridized carbons (Fsp3) is 0.167. The predicted octanol–water partition coefficient (Wildman–Crippen LogP) is 2.88. The van der Waals surface area contributed by atoms with Gasteiger partial charge in [-0.2, -0.15) is 10.2 Å². The number of aromatic nitrogens is 7. The molecule has 0 aliphatic rings. The predicted molar refractivity (Wildman–Crippen MR) is 112 cm³/mol. The number of amides is 1. The fourth-order valence-corrected chi connectivity index (χ4v) is 3.48. The van der Waals surface area contributed by atoms with Crippen molar-refractivity contribution in [2.45, 2.75) is 20.0 Å². The summed E-state index contributed by atoms with van der Waals surface area (Å²) in [5, 5.41) is 20.7. The number of hydrogen-bond acceptors (Lipinski definition) is 6. The van der Waals surface area contributed by atoms with Gasteiger partial charge in [-0.25, -0.2) is 0 Å². The van der Waals surface area contributed by atoms with E-state index in [1.165, 1.54) is 4.80 Å². The Hall–Kier alpha value is -3.37. The first-order chi connectivity index (χ1) is 14.5. The lowest BCUT2D eigenvalue weighted by Gasteiger charge is -2.05. The number of carbonyl (C=O) groups excluding carboxylic acids is 1. The molecular weight excluding hydrogens is 429 g/mol. The van der Waals surface area contributed by atoms with Crippen LogP contribution in [0.2, 0.25) is 10.0 Å². The van der Waals surface area contributed by atoms with Crippen molar-refractivity contribution in [1.82, 2.24) is 34.6 Å². The van der Waals surface area contributed by atoms with Gasteiger partial charge in [0.1, 0.15) is 5.69 Å². The van der Waals surface area contributed by atoms with E-state index in [0.29, 0.717) is 28.0 Å². The quantitative estimate of drug-likeness (QED) is 0.450. The van der Waals surface area contributed by atoms with Gasteiger partial charge in [0.25, 0.3) is 5.91 Å². The summed E-state index contributed by atoms with van der Waals surface area (Å²) in [6, 6.07) is 6.93. The van der Waals surface area contributed by atoms with Crippen molar-refractivity contribution in [2.75, 3.05) is 5.32 Å². The Labute approximate surface area is 181 Å². The number of aryl methyl sites for hydroxylation is 1. The average molecular weight is 446 g/mol. The molecule has 0 saturated heterocycles. The molecule has 0 spiro atoms. The number of rotatable bonds is 7. The number of anilines is 2. The van der Waals surface area contributed by atoms with Crippen molar-refractivity contribution in [3.63, 3.8) is 0 Å². The number of primary amides is 1. The lowest BCUT2D eigenvalue weighted by Crippen LogP contribution is -2.14. The number of nitrogens with two attached hydrogens (primary N) is 1. The number of nitrogens with zero attached hydrogens (tertiary/aromatic N) is 7. The SMILES string of the molecule is CCn1nccc1Cn1cc(Nc2nn(-c3c(Cl)cccc3Cl)nc2C(N)=O)cn1. The lowest BCUT2D eigenvalue weighted by molar-refractivity contribution is 0.0996. The van der Waals surface area contributed by atoms with E-state index < -0.39 is 5.91 Å². The molecular formula is C18H17Cl2N9O. The van der Waals surface area contributed by atoms with E-state index in [2.05, 4.69) is 25.7 Å². The molecule has 0 unspecified atom stereocenters. The molecule has 0 bridgehead atoms. The molecule has 3 aromatic heterocycles. The van der Waals surface area contributed by atoms with Crippen molar-refractivity contribution in [2.24, 2.45) is 5.73 Å². The number of nitrogens with one attached hydrogen (secondary N) is 1. The van der Waals surface area contributed by atoms with Crippen LogP contribution in [0.25, 0.3) is 5.69 Å². The number of benzene rings is 1. The van der Waals surface area contributed by atoms with Crippen molar-refractivity contribution in [3.05, 3.63) is 64.3 Å². The zero-order valence-electron chi connectivity index (χ0n) is 15.8. The monoisotopic (exact) mass is 445 g/mol. The molecule has 3 heterocycles. The minimum absolute atomic E-state index is 0.0530. The van der Waals surface area contributed by atoms with Gasteiger partial charge in [-0.05, 0) is 25.1 Å². The van der Waals surface area contributed by atoms with Crippen LogP contribution in [0.1, 0.15) is 23.1 Å². The van der Waals surface area contributed by atoms with Crippen LogP contribution in [0.5, 0.6) is 0 Å². The van der Waals surface area contributed by atoms with Gasteiger partial charge in [0.2, 0.25) is 0 Å². The second-order valence-electron chi connectivity index (χ2n) is 6.31. The Kier molecular flexibility index (Phi) is 5.42. The van der Waals surface area contributed by atoms with Crippen LogP contribution in [-0.4, -0.2) is 40.5 Å². The topological polar surface area (TPSA) is 121 Å². The summed E-state index contributed by atoms with van der Waals surface area (Å²) in [5.41, 5.74) is 7.39. The number of para-hydroxylation sites is 1. The van der Waals surface area contributed by atoms with Gasteiger partial charge in [0.15, 0.2) is 11.5 Å². The Morgan fingerprint density at radius 2 is 1.93 bits per heavy atom. The van der Waals surface area contributed by atoms with Crippen LogP contribution in [0.3, 0.4) is 0 Å². The molecule has 0 atom stereocenters. The summed E-state index contributed by atoms with van der Waals surface area (Å²) >= 11 is 12.4. The highest BCUT2D eigenvalue weighted by Crippen LogP contribution is 2.28. The van der Waals surface area contributed by atoms with Crippen molar-refractivity contribution in [3.8, 4) is 5.69 Å². The largest absolute Gasteiger partial charge is 0.364 e. The molecule has 0 fully saturated rings. The molecule has 0 radical (unpaired) electrons. The zero-order valence-corrected chi connectivity index (χ0v) is 17.3. The van der Waals surface area contributed by atoms with Crippen LogP contribution < -0.4 is 11.1 Å². The Morgan fingerprint density at radius 3 is 2.63 bits per heavy atom. The van der Waals surface area contributed by atoms with Crippen LogP contribution in [-0.2, 0) is 13.1 Å². The summed E-state index contributed by atoms with van der Waals surface area (Å²) in [4.78, 5) is 13.1. The van der Waals surface area contributed by atoms with Crippen LogP contribution >= 0.6 is 23.2 Å². The zero-order chi connectivity index (χ0) is 21.3. The molecule has 0 aliphatic heterocycles. The fourth-order valence-electron chi connectivity index (χ4n) is 2.93. The second-order valence-corrected chi connectivity index (χ2v) is 7.13. The van der Waals surface area contributed by atoms with E-state index in [1.54, 1.807) is 41.5 Å². The van der Waals surface area contributed by atoms with Crippen LogP contribution in [0, 0.1) is 0 Å². The van der Waals surface area contributed by atoms with E-state index in [1.807, 2.05) is 17.7 Å². The summed E-state index contributed by atoms with van der Waals surface area (Å²) in [7, 11) is 0. The summed E-state index contributed by atoms with van der Waals surface area (Å²) < 4.78 is 3.63. The first kappa shape index (κ1) is 19.9. The molecule has 0 aliphatic carbocycles. The Morgan fingerprint density at radius 1 is 1.17 bits per heavy atom. The van der Waals surface area contributed by atoms with Gasteiger partial charge >= 0.3 is 0 Å².